The molecule has 2 aliphatic rings. The third-order valence-corrected chi connectivity index (χ3v) is 5.11. The van der Waals surface area contributed by atoms with Gasteiger partial charge in [0.05, 0.1) is 6.61 Å². The number of aryl methyl sites for hydroxylation is 1. The van der Waals surface area contributed by atoms with Gasteiger partial charge in [-0.2, -0.15) is 0 Å². The number of aromatic nitrogens is 2. The SMILES string of the molecule is COCCN1CCCC2(CCN(Cc3cnc(C)nc3)C2)C1. The van der Waals surface area contributed by atoms with Crippen LogP contribution in [0.25, 0.3) is 0 Å². The fourth-order valence-electron chi connectivity index (χ4n) is 3.98. The molecule has 5 heteroatoms. The van der Waals surface area contributed by atoms with Gasteiger partial charge in [0.25, 0.3) is 0 Å². The number of hydrogen-bond acceptors (Lipinski definition) is 5. The van der Waals surface area contributed by atoms with Crippen LogP contribution in [0.4, 0.5) is 0 Å². The summed E-state index contributed by atoms with van der Waals surface area (Å²) in [5.41, 5.74) is 1.73. The normalized spacial score (nSPS) is 26.8. The summed E-state index contributed by atoms with van der Waals surface area (Å²) < 4.78 is 5.24. The van der Waals surface area contributed by atoms with Crippen molar-refractivity contribution in [2.75, 3.05) is 46.4 Å². The molecule has 0 N–H and O–H groups in total. The van der Waals surface area contributed by atoms with Crippen LogP contribution in [-0.2, 0) is 11.3 Å². The first-order chi connectivity index (χ1) is 10.7. The Kier molecular flexibility index (Phi) is 5.06. The van der Waals surface area contributed by atoms with Gasteiger partial charge in [-0.1, -0.05) is 0 Å². The zero-order chi connectivity index (χ0) is 15.4. The van der Waals surface area contributed by atoms with E-state index in [1.807, 2.05) is 19.3 Å². The van der Waals surface area contributed by atoms with Gasteiger partial charge in [-0.15, -0.1) is 0 Å². The monoisotopic (exact) mass is 304 g/mol. The minimum Gasteiger partial charge on any atom is -0.383 e. The highest BCUT2D eigenvalue weighted by molar-refractivity contribution is 5.06. The summed E-state index contributed by atoms with van der Waals surface area (Å²) >= 11 is 0. The summed E-state index contributed by atoms with van der Waals surface area (Å²) in [5.74, 6) is 0.850. The first-order valence-corrected chi connectivity index (χ1v) is 8.40. The van der Waals surface area contributed by atoms with Crippen molar-refractivity contribution in [3.8, 4) is 0 Å². The summed E-state index contributed by atoms with van der Waals surface area (Å²) in [6.07, 6.45) is 7.96. The molecule has 1 spiro atoms. The predicted octanol–water partition coefficient (Wildman–Crippen LogP) is 1.72. The number of nitrogens with zero attached hydrogens (tertiary/aromatic N) is 4. The van der Waals surface area contributed by atoms with Crippen LogP contribution in [0.5, 0.6) is 0 Å². The summed E-state index contributed by atoms with van der Waals surface area (Å²) in [7, 11) is 1.79. The summed E-state index contributed by atoms with van der Waals surface area (Å²) in [4.78, 5) is 13.8. The van der Waals surface area contributed by atoms with Crippen molar-refractivity contribution in [1.82, 2.24) is 19.8 Å². The van der Waals surface area contributed by atoms with Gasteiger partial charge in [-0.25, -0.2) is 9.97 Å². The highest BCUT2D eigenvalue weighted by Gasteiger charge is 2.40. The third-order valence-electron chi connectivity index (χ3n) is 5.11. The predicted molar refractivity (Wildman–Crippen MR) is 86.6 cm³/mol. The van der Waals surface area contributed by atoms with Gasteiger partial charge in [0.15, 0.2) is 0 Å². The molecular weight excluding hydrogens is 276 g/mol. The van der Waals surface area contributed by atoms with Crippen LogP contribution in [0.3, 0.4) is 0 Å². The second kappa shape index (κ2) is 7.02. The minimum atomic E-state index is 0.498. The van der Waals surface area contributed by atoms with Crippen LogP contribution >= 0.6 is 0 Å². The van der Waals surface area contributed by atoms with Crippen LogP contribution in [0.2, 0.25) is 0 Å². The van der Waals surface area contributed by atoms with E-state index in [1.54, 1.807) is 7.11 Å². The summed E-state index contributed by atoms with van der Waals surface area (Å²) in [6.45, 7) is 9.72. The molecule has 0 amide bonds. The lowest BCUT2D eigenvalue weighted by Crippen LogP contribution is -2.45. The molecule has 0 radical (unpaired) electrons. The van der Waals surface area contributed by atoms with E-state index < -0.39 is 0 Å². The van der Waals surface area contributed by atoms with Gasteiger partial charge in [0.1, 0.15) is 5.82 Å². The molecule has 22 heavy (non-hydrogen) atoms. The fourth-order valence-corrected chi connectivity index (χ4v) is 3.98. The second-order valence-corrected chi connectivity index (χ2v) is 6.97. The third kappa shape index (κ3) is 3.83. The Morgan fingerprint density at radius 1 is 1.14 bits per heavy atom. The van der Waals surface area contributed by atoms with Crippen molar-refractivity contribution >= 4 is 0 Å². The van der Waals surface area contributed by atoms with E-state index in [2.05, 4.69) is 19.8 Å². The number of methoxy groups -OCH3 is 1. The van der Waals surface area contributed by atoms with Crippen LogP contribution < -0.4 is 0 Å². The van der Waals surface area contributed by atoms with Crippen molar-refractivity contribution in [2.45, 2.75) is 32.7 Å². The maximum absolute atomic E-state index is 5.24. The average Bonchev–Trinajstić information content (AvgIpc) is 2.90. The van der Waals surface area contributed by atoms with Crippen LogP contribution in [-0.4, -0.2) is 66.2 Å². The van der Waals surface area contributed by atoms with E-state index in [0.717, 1.165) is 25.5 Å². The molecule has 0 aromatic carbocycles. The van der Waals surface area contributed by atoms with Crippen molar-refractivity contribution < 1.29 is 4.74 Å². The van der Waals surface area contributed by atoms with Gasteiger partial charge < -0.3 is 9.64 Å². The van der Waals surface area contributed by atoms with Crippen molar-refractivity contribution in [3.63, 3.8) is 0 Å². The largest absolute Gasteiger partial charge is 0.383 e. The Morgan fingerprint density at radius 2 is 1.91 bits per heavy atom. The lowest BCUT2D eigenvalue weighted by molar-refractivity contribution is 0.0673. The smallest absolute Gasteiger partial charge is 0.125 e. The van der Waals surface area contributed by atoms with E-state index in [-0.39, 0.29) is 0 Å². The maximum Gasteiger partial charge on any atom is 0.125 e. The molecule has 1 atom stereocenters. The van der Waals surface area contributed by atoms with Crippen LogP contribution in [0, 0.1) is 12.3 Å². The molecule has 0 bridgehead atoms. The van der Waals surface area contributed by atoms with Gasteiger partial charge in [-0.05, 0) is 44.7 Å². The van der Waals surface area contributed by atoms with Gasteiger partial charge in [-0.3, -0.25) is 4.90 Å². The van der Waals surface area contributed by atoms with Crippen molar-refractivity contribution in [1.29, 1.82) is 0 Å². The number of likely N-dealkylation sites (tertiary alicyclic amines) is 2. The molecule has 5 nitrogen and oxygen atoms in total. The quantitative estimate of drug-likeness (QED) is 0.828. The molecular formula is C17H28N4O. The lowest BCUT2D eigenvalue weighted by atomic mass is 9.79. The van der Waals surface area contributed by atoms with E-state index in [9.17, 15) is 0 Å². The molecule has 0 saturated carbocycles. The van der Waals surface area contributed by atoms with E-state index >= 15 is 0 Å². The zero-order valence-corrected chi connectivity index (χ0v) is 13.9. The number of rotatable bonds is 5. The molecule has 3 rings (SSSR count). The Morgan fingerprint density at radius 3 is 2.68 bits per heavy atom. The molecule has 2 saturated heterocycles. The molecule has 1 unspecified atom stereocenters. The summed E-state index contributed by atoms with van der Waals surface area (Å²) in [5, 5.41) is 0. The van der Waals surface area contributed by atoms with Gasteiger partial charge >= 0.3 is 0 Å². The van der Waals surface area contributed by atoms with E-state index in [4.69, 9.17) is 4.74 Å². The minimum absolute atomic E-state index is 0.498. The number of piperidine rings is 1. The number of ether oxygens (including phenoxy) is 1. The Hall–Kier alpha value is -1.04. The first-order valence-electron chi connectivity index (χ1n) is 8.40. The molecule has 0 aliphatic carbocycles. The van der Waals surface area contributed by atoms with Crippen LogP contribution in [0.1, 0.15) is 30.7 Å². The first kappa shape index (κ1) is 15.8. The van der Waals surface area contributed by atoms with Gasteiger partial charge in [0.2, 0.25) is 0 Å². The second-order valence-electron chi connectivity index (χ2n) is 6.97. The van der Waals surface area contributed by atoms with Crippen LogP contribution in [0.15, 0.2) is 12.4 Å². The Labute approximate surface area is 133 Å². The Balaban J connectivity index is 1.55. The molecule has 2 aliphatic heterocycles. The molecule has 2 fully saturated rings. The molecule has 1 aromatic rings. The highest BCUT2D eigenvalue weighted by Crippen LogP contribution is 2.39. The Bertz CT molecular complexity index is 478. The maximum atomic E-state index is 5.24. The molecule has 122 valence electrons. The highest BCUT2D eigenvalue weighted by atomic mass is 16.5. The molecule has 1 aromatic heterocycles. The van der Waals surface area contributed by atoms with E-state index in [1.165, 1.54) is 51.0 Å². The van der Waals surface area contributed by atoms with Crippen molar-refractivity contribution in [2.24, 2.45) is 5.41 Å². The topological polar surface area (TPSA) is 41.5 Å². The van der Waals surface area contributed by atoms with E-state index in [0.29, 0.717) is 5.41 Å². The fraction of sp³-hybridized carbons (Fsp3) is 0.765. The lowest BCUT2D eigenvalue weighted by Gasteiger charge is -2.40. The molecule has 3 heterocycles. The summed E-state index contributed by atoms with van der Waals surface area (Å²) in [6, 6.07) is 0. The zero-order valence-electron chi connectivity index (χ0n) is 13.9. The number of hydrogen-bond donors (Lipinski definition) is 0. The van der Waals surface area contributed by atoms with Crippen molar-refractivity contribution in [3.05, 3.63) is 23.8 Å². The van der Waals surface area contributed by atoms with Gasteiger partial charge in [0, 0.05) is 51.2 Å². The average molecular weight is 304 g/mol. The standard InChI is InChI=1S/C17H28N4O/c1-15-18-10-16(11-19-15)12-21-7-5-17(14-21)4-3-6-20(13-17)8-9-22-2/h10-11H,3-9,12-14H2,1-2H3.